The fourth-order valence-corrected chi connectivity index (χ4v) is 3.35. The topological polar surface area (TPSA) is 69.8 Å². The van der Waals surface area contributed by atoms with E-state index in [4.69, 9.17) is 11.6 Å². The van der Waals surface area contributed by atoms with Crippen molar-refractivity contribution < 1.29 is 4.79 Å². The van der Waals surface area contributed by atoms with Gasteiger partial charge in [-0.15, -0.1) is 0 Å². The van der Waals surface area contributed by atoms with Crippen molar-refractivity contribution in [2.75, 3.05) is 11.9 Å². The standard InChI is InChI=1S/C18H17ClN4O/c1-10(24)21-9-14-5-12-6-16(19)15(7-17(12)23-14)13-4-11-2-3-20-18(11)22-8-13/h4-8,23H,2-3,9H2,1H3,(H,20,22)(H,21,24). The van der Waals surface area contributed by atoms with E-state index in [1.54, 1.807) is 0 Å². The first-order chi connectivity index (χ1) is 11.6. The lowest BCUT2D eigenvalue weighted by molar-refractivity contribution is -0.119. The van der Waals surface area contributed by atoms with Gasteiger partial charge in [-0.25, -0.2) is 4.98 Å². The molecule has 3 heterocycles. The molecule has 1 amide bonds. The number of halogens is 1. The Balaban J connectivity index is 1.73. The van der Waals surface area contributed by atoms with Gasteiger partial charge in [-0.1, -0.05) is 11.6 Å². The summed E-state index contributed by atoms with van der Waals surface area (Å²) in [4.78, 5) is 18.9. The number of nitrogens with zero attached hydrogens (tertiary/aromatic N) is 1. The van der Waals surface area contributed by atoms with E-state index in [1.807, 2.05) is 24.4 Å². The molecule has 3 N–H and O–H groups in total. The zero-order valence-electron chi connectivity index (χ0n) is 13.2. The van der Waals surface area contributed by atoms with Crippen LogP contribution in [0.1, 0.15) is 18.2 Å². The largest absolute Gasteiger partial charge is 0.370 e. The van der Waals surface area contributed by atoms with Crippen LogP contribution >= 0.6 is 11.6 Å². The minimum atomic E-state index is -0.0507. The first kappa shape index (κ1) is 15.0. The van der Waals surface area contributed by atoms with Gasteiger partial charge in [0.05, 0.1) is 6.54 Å². The lowest BCUT2D eigenvalue weighted by Crippen LogP contribution is -2.18. The zero-order chi connectivity index (χ0) is 16.7. The molecular formula is C18H17ClN4O. The van der Waals surface area contributed by atoms with Crippen LogP contribution in [-0.4, -0.2) is 22.4 Å². The molecule has 4 rings (SSSR count). The van der Waals surface area contributed by atoms with Gasteiger partial charge in [-0.2, -0.15) is 0 Å². The summed E-state index contributed by atoms with van der Waals surface area (Å²) in [7, 11) is 0. The molecule has 6 heteroatoms. The Morgan fingerprint density at radius 1 is 1.33 bits per heavy atom. The monoisotopic (exact) mass is 340 g/mol. The minimum absolute atomic E-state index is 0.0507. The molecule has 0 atom stereocenters. The van der Waals surface area contributed by atoms with Gasteiger partial charge in [0.15, 0.2) is 0 Å². The van der Waals surface area contributed by atoms with Crippen molar-refractivity contribution in [3.05, 3.63) is 46.7 Å². The molecule has 24 heavy (non-hydrogen) atoms. The fourth-order valence-electron chi connectivity index (χ4n) is 3.07. The lowest BCUT2D eigenvalue weighted by atomic mass is 10.0. The van der Waals surface area contributed by atoms with Gasteiger partial charge < -0.3 is 15.6 Å². The third kappa shape index (κ3) is 2.71. The van der Waals surface area contributed by atoms with Gasteiger partial charge in [0.25, 0.3) is 0 Å². The van der Waals surface area contributed by atoms with E-state index in [-0.39, 0.29) is 5.91 Å². The third-order valence-electron chi connectivity index (χ3n) is 4.26. The molecule has 0 spiro atoms. The molecule has 0 radical (unpaired) electrons. The van der Waals surface area contributed by atoms with Crippen LogP contribution in [-0.2, 0) is 17.8 Å². The Hall–Kier alpha value is -2.53. The highest BCUT2D eigenvalue weighted by molar-refractivity contribution is 6.34. The number of amides is 1. The Morgan fingerprint density at radius 2 is 2.21 bits per heavy atom. The Kier molecular flexibility index (Phi) is 3.65. The van der Waals surface area contributed by atoms with Crippen LogP contribution in [0.15, 0.2) is 30.5 Å². The first-order valence-electron chi connectivity index (χ1n) is 7.89. The molecule has 1 aliphatic rings. The maximum absolute atomic E-state index is 11.1. The molecule has 0 bridgehead atoms. The van der Waals surface area contributed by atoms with Gasteiger partial charge in [-0.3, -0.25) is 4.79 Å². The Labute approximate surface area is 144 Å². The van der Waals surface area contributed by atoms with E-state index >= 15 is 0 Å². The van der Waals surface area contributed by atoms with Gasteiger partial charge >= 0.3 is 0 Å². The Bertz CT molecular complexity index is 948. The average Bonchev–Trinajstić information content (AvgIpc) is 3.17. The van der Waals surface area contributed by atoms with Crippen molar-refractivity contribution in [1.29, 1.82) is 0 Å². The number of hydrogen-bond acceptors (Lipinski definition) is 3. The van der Waals surface area contributed by atoms with Crippen molar-refractivity contribution in [3.8, 4) is 11.1 Å². The fraction of sp³-hybridized carbons (Fsp3) is 0.222. The molecule has 5 nitrogen and oxygen atoms in total. The van der Waals surface area contributed by atoms with Crippen LogP contribution in [0.2, 0.25) is 5.02 Å². The number of H-pyrrole nitrogens is 1. The van der Waals surface area contributed by atoms with Crippen LogP contribution < -0.4 is 10.6 Å². The van der Waals surface area contributed by atoms with E-state index in [0.29, 0.717) is 11.6 Å². The number of anilines is 1. The quantitative estimate of drug-likeness (QED) is 0.683. The lowest BCUT2D eigenvalue weighted by Gasteiger charge is -2.07. The third-order valence-corrected chi connectivity index (χ3v) is 4.57. The maximum atomic E-state index is 11.1. The number of pyridine rings is 1. The molecule has 0 fully saturated rings. The molecule has 0 saturated carbocycles. The number of aromatic amines is 1. The van der Waals surface area contributed by atoms with Crippen molar-refractivity contribution in [1.82, 2.24) is 15.3 Å². The molecule has 3 aromatic rings. The summed E-state index contributed by atoms with van der Waals surface area (Å²) in [5, 5.41) is 7.78. The van der Waals surface area contributed by atoms with Gasteiger partial charge in [0, 0.05) is 52.4 Å². The highest BCUT2D eigenvalue weighted by Crippen LogP contribution is 2.34. The van der Waals surface area contributed by atoms with Crippen LogP contribution in [0.4, 0.5) is 5.82 Å². The molecule has 0 saturated heterocycles. The van der Waals surface area contributed by atoms with Crippen LogP contribution in [0.3, 0.4) is 0 Å². The van der Waals surface area contributed by atoms with Crippen LogP contribution in [0, 0.1) is 0 Å². The number of aromatic nitrogens is 2. The summed E-state index contributed by atoms with van der Waals surface area (Å²) in [6.07, 6.45) is 2.84. The molecule has 0 aliphatic carbocycles. The number of benzene rings is 1. The average molecular weight is 341 g/mol. The van der Waals surface area contributed by atoms with E-state index < -0.39 is 0 Å². The van der Waals surface area contributed by atoms with Gasteiger partial charge in [0.1, 0.15) is 5.82 Å². The maximum Gasteiger partial charge on any atom is 0.217 e. The molecule has 1 aliphatic heterocycles. The van der Waals surface area contributed by atoms with Gasteiger partial charge in [0.2, 0.25) is 5.91 Å². The summed E-state index contributed by atoms with van der Waals surface area (Å²) in [5.41, 5.74) is 5.14. The number of carbonyl (C=O) groups is 1. The number of nitrogens with one attached hydrogen (secondary N) is 3. The predicted octanol–water partition coefficient (Wildman–Crippen LogP) is 3.49. The van der Waals surface area contributed by atoms with E-state index in [0.717, 1.165) is 46.5 Å². The smallest absolute Gasteiger partial charge is 0.217 e. The van der Waals surface area contributed by atoms with Crippen LogP contribution in [0.25, 0.3) is 22.0 Å². The summed E-state index contributed by atoms with van der Waals surface area (Å²) in [6, 6.07) is 8.15. The summed E-state index contributed by atoms with van der Waals surface area (Å²) < 4.78 is 0. The second-order valence-electron chi connectivity index (χ2n) is 6.03. The van der Waals surface area contributed by atoms with E-state index in [1.165, 1.54) is 12.5 Å². The molecule has 0 unspecified atom stereocenters. The predicted molar refractivity (Wildman–Crippen MR) is 96.3 cm³/mol. The molecule has 2 aromatic heterocycles. The molecule has 122 valence electrons. The number of fused-ring (bicyclic) bond motifs is 2. The van der Waals surface area contributed by atoms with Crippen molar-refractivity contribution in [2.45, 2.75) is 19.9 Å². The number of carbonyl (C=O) groups excluding carboxylic acids is 1. The molecule has 1 aromatic carbocycles. The second kappa shape index (κ2) is 5.83. The number of rotatable bonds is 3. The second-order valence-corrected chi connectivity index (χ2v) is 6.44. The van der Waals surface area contributed by atoms with Gasteiger partial charge in [-0.05, 0) is 36.2 Å². The van der Waals surface area contributed by atoms with Crippen molar-refractivity contribution in [3.63, 3.8) is 0 Å². The summed E-state index contributed by atoms with van der Waals surface area (Å²) in [5.74, 6) is 0.915. The normalized spacial score (nSPS) is 12.9. The molecular weight excluding hydrogens is 324 g/mol. The zero-order valence-corrected chi connectivity index (χ0v) is 14.0. The highest BCUT2D eigenvalue weighted by Gasteiger charge is 2.14. The van der Waals surface area contributed by atoms with Crippen molar-refractivity contribution >= 4 is 34.2 Å². The van der Waals surface area contributed by atoms with E-state index in [2.05, 4.69) is 26.7 Å². The number of hydrogen-bond donors (Lipinski definition) is 3. The van der Waals surface area contributed by atoms with Crippen molar-refractivity contribution in [2.24, 2.45) is 0 Å². The van der Waals surface area contributed by atoms with E-state index in [9.17, 15) is 4.79 Å². The summed E-state index contributed by atoms with van der Waals surface area (Å²) >= 11 is 6.50. The highest BCUT2D eigenvalue weighted by atomic mass is 35.5. The SMILES string of the molecule is CC(=O)NCc1cc2cc(Cl)c(-c3cnc4c(c3)CCN4)cc2[nH]1. The first-order valence-corrected chi connectivity index (χ1v) is 8.27. The van der Waals surface area contributed by atoms with Crippen LogP contribution in [0.5, 0.6) is 0 Å². The summed E-state index contributed by atoms with van der Waals surface area (Å²) in [6.45, 7) is 2.91. The Morgan fingerprint density at radius 3 is 3.04 bits per heavy atom. The minimum Gasteiger partial charge on any atom is -0.370 e.